The minimum Gasteiger partial charge on any atom is -0.508 e. The summed E-state index contributed by atoms with van der Waals surface area (Å²) >= 11 is 0. The molecule has 0 unspecified atom stereocenters. The predicted molar refractivity (Wildman–Crippen MR) is 79.4 cm³/mol. The average molecular weight is 273 g/mol. The molecule has 2 aromatic carbocycles. The van der Waals surface area contributed by atoms with Crippen molar-refractivity contribution in [2.45, 2.75) is 20.4 Å². The van der Waals surface area contributed by atoms with E-state index in [0.29, 0.717) is 24.7 Å². The van der Waals surface area contributed by atoms with Gasteiger partial charge in [0.2, 0.25) is 0 Å². The van der Waals surface area contributed by atoms with Gasteiger partial charge in [0.15, 0.2) is 11.5 Å². The third-order valence-electron chi connectivity index (χ3n) is 3.02. The molecule has 0 saturated carbocycles. The van der Waals surface area contributed by atoms with Crippen LogP contribution in [0.5, 0.6) is 17.2 Å². The Morgan fingerprint density at radius 2 is 1.80 bits per heavy atom. The molecular weight excluding hydrogens is 254 g/mol. The van der Waals surface area contributed by atoms with Crippen LogP contribution in [-0.2, 0) is 6.54 Å². The summed E-state index contributed by atoms with van der Waals surface area (Å²) in [7, 11) is 0. The molecule has 0 aliphatic heterocycles. The number of benzene rings is 2. The molecule has 0 saturated heterocycles. The van der Waals surface area contributed by atoms with E-state index in [4.69, 9.17) is 4.74 Å². The van der Waals surface area contributed by atoms with Gasteiger partial charge in [0.25, 0.3) is 0 Å². The number of rotatable bonds is 5. The van der Waals surface area contributed by atoms with Crippen LogP contribution in [0.3, 0.4) is 0 Å². The Labute approximate surface area is 118 Å². The first-order chi connectivity index (χ1) is 9.60. The van der Waals surface area contributed by atoms with Crippen molar-refractivity contribution < 1.29 is 14.9 Å². The standard InChI is InChI=1S/C16H19NO3/c1-3-20-16-9-12(4-6-15(16)19)10-17-13-5-7-14(18)11(2)8-13/h4-9,17-19H,3,10H2,1-2H3. The highest BCUT2D eigenvalue weighted by molar-refractivity contribution is 5.51. The van der Waals surface area contributed by atoms with Gasteiger partial charge >= 0.3 is 0 Å². The van der Waals surface area contributed by atoms with Crippen molar-refractivity contribution >= 4 is 5.69 Å². The number of anilines is 1. The van der Waals surface area contributed by atoms with Gasteiger partial charge in [-0.05, 0) is 55.3 Å². The summed E-state index contributed by atoms with van der Waals surface area (Å²) in [6, 6.07) is 10.7. The Kier molecular flexibility index (Phi) is 4.35. The van der Waals surface area contributed by atoms with Gasteiger partial charge in [-0.3, -0.25) is 0 Å². The van der Waals surface area contributed by atoms with Crippen LogP contribution in [0.25, 0.3) is 0 Å². The first-order valence-corrected chi connectivity index (χ1v) is 6.58. The number of phenols is 2. The molecule has 0 bridgehead atoms. The first-order valence-electron chi connectivity index (χ1n) is 6.58. The molecule has 3 N–H and O–H groups in total. The number of hydrogen-bond donors (Lipinski definition) is 3. The molecule has 0 fully saturated rings. The van der Waals surface area contributed by atoms with Gasteiger partial charge in [-0.2, -0.15) is 0 Å². The fourth-order valence-electron chi connectivity index (χ4n) is 1.91. The maximum absolute atomic E-state index is 9.65. The van der Waals surface area contributed by atoms with Gasteiger partial charge in [-0.25, -0.2) is 0 Å². The van der Waals surface area contributed by atoms with Crippen molar-refractivity contribution in [3.05, 3.63) is 47.5 Å². The molecule has 0 amide bonds. The molecule has 2 aromatic rings. The number of hydrogen-bond acceptors (Lipinski definition) is 4. The summed E-state index contributed by atoms with van der Waals surface area (Å²) in [6.45, 7) is 4.87. The molecule has 4 heteroatoms. The van der Waals surface area contributed by atoms with Crippen LogP contribution >= 0.6 is 0 Å². The van der Waals surface area contributed by atoms with Crippen LogP contribution < -0.4 is 10.1 Å². The molecular formula is C16H19NO3. The monoisotopic (exact) mass is 273 g/mol. The zero-order chi connectivity index (χ0) is 14.5. The minimum atomic E-state index is 0.149. The fraction of sp³-hybridized carbons (Fsp3) is 0.250. The highest BCUT2D eigenvalue weighted by atomic mass is 16.5. The number of phenolic OH excluding ortho intramolecular Hbond substituents is 2. The molecule has 4 nitrogen and oxygen atoms in total. The predicted octanol–water partition coefficient (Wildman–Crippen LogP) is 3.42. The lowest BCUT2D eigenvalue weighted by Gasteiger charge is -2.11. The van der Waals surface area contributed by atoms with Crippen molar-refractivity contribution in [1.29, 1.82) is 0 Å². The van der Waals surface area contributed by atoms with E-state index in [-0.39, 0.29) is 5.75 Å². The topological polar surface area (TPSA) is 61.7 Å². The van der Waals surface area contributed by atoms with Gasteiger partial charge in [0.05, 0.1) is 6.61 Å². The van der Waals surface area contributed by atoms with E-state index < -0.39 is 0 Å². The smallest absolute Gasteiger partial charge is 0.161 e. The Morgan fingerprint density at radius 3 is 2.50 bits per heavy atom. The average Bonchev–Trinajstić information content (AvgIpc) is 2.43. The number of ether oxygens (including phenoxy) is 1. The van der Waals surface area contributed by atoms with E-state index in [2.05, 4.69) is 5.32 Å². The summed E-state index contributed by atoms with van der Waals surface area (Å²) < 4.78 is 5.35. The van der Waals surface area contributed by atoms with Gasteiger partial charge in [-0.1, -0.05) is 6.07 Å². The molecule has 0 radical (unpaired) electrons. The van der Waals surface area contributed by atoms with Crippen molar-refractivity contribution in [2.75, 3.05) is 11.9 Å². The maximum Gasteiger partial charge on any atom is 0.161 e. The van der Waals surface area contributed by atoms with Crippen LogP contribution in [0.4, 0.5) is 5.69 Å². The lowest BCUT2D eigenvalue weighted by atomic mass is 10.1. The van der Waals surface area contributed by atoms with Crippen molar-refractivity contribution in [1.82, 2.24) is 0 Å². The minimum absolute atomic E-state index is 0.149. The molecule has 0 spiro atoms. The van der Waals surface area contributed by atoms with E-state index in [1.807, 2.05) is 38.1 Å². The second-order valence-corrected chi connectivity index (χ2v) is 4.59. The van der Waals surface area contributed by atoms with E-state index in [0.717, 1.165) is 16.8 Å². The van der Waals surface area contributed by atoms with Gasteiger partial charge in [0.1, 0.15) is 5.75 Å². The molecule has 20 heavy (non-hydrogen) atoms. The van der Waals surface area contributed by atoms with Crippen LogP contribution in [0.15, 0.2) is 36.4 Å². The molecule has 0 atom stereocenters. The number of aromatic hydroxyl groups is 2. The summed E-state index contributed by atoms with van der Waals surface area (Å²) in [5.74, 6) is 0.934. The van der Waals surface area contributed by atoms with Crippen molar-refractivity contribution in [3.8, 4) is 17.2 Å². The molecule has 2 rings (SSSR count). The summed E-state index contributed by atoms with van der Waals surface area (Å²) in [5.41, 5.74) is 2.78. The van der Waals surface area contributed by atoms with E-state index in [9.17, 15) is 10.2 Å². The third-order valence-corrected chi connectivity index (χ3v) is 3.02. The van der Waals surface area contributed by atoms with Crippen LogP contribution in [-0.4, -0.2) is 16.8 Å². The van der Waals surface area contributed by atoms with E-state index in [1.165, 1.54) is 0 Å². The quantitative estimate of drug-likeness (QED) is 0.730. The van der Waals surface area contributed by atoms with Crippen LogP contribution in [0.1, 0.15) is 18.1 Å². The zero-order valence-corrected chi connectivity index (χ0v) is 11.7. The van der Waals surface area contributed by atoms with Crippen LogP contribution in [0, 0.1) is 6.92 Å². The molecule has 0 aromatic heterocycles. The molecule has 0 aliphatic rings. The summed E-state index contributed by atoms with van der Waals surface area (Å²) in [6.07, 6.45) is 0. The molecule has 106 valence electrons. The second kappa shape index (κ2) is 6.19. The SMILES string of the molecule is CCOc1cc(CNc2ccc(O)c(C)c2)ccc1O. The fourth-order valence-corrected chi connectivity index (χ4v) is 1.91. The summed E-state index contributed by atoms with van der Waals surface area (Å²) in [5, 5.41) is 22.4. The zero-order valence-electron chi connectivity index (χ0n) is 11.7. The molecule has 0 aliphatic carbocycles. The Morgan fingerprint density at radius 1 is 1.05 bits per heavy atom. The largest absolute Gasteiger partial charge is 0.508 e. The first kappa shape index (κ1) is 14.1. The second-order valence-electron chi connectivity index (χ2n) is 4.59. The highest BCUT2D eigenvalue weighted by Gasteiger charge is 2.04. The maximum atomic E-state index is 9.65. The Hall–Kier alpha value is -2.36. The normalized spacial score (nSPS) is 10.3. The number of nitrogens with one attached hydrogen (secondary N) is 1. The van der Waals surface area contributed by atoms with Crippen molar-refractivity contribution in [3.63, 3.8) is 0 Å². The van der Waals surface area contributed by atoms with Crippen molar-refractivity contribution in [2.24, 2.45) is 0 Å². The Balaban J connectivity index is 2.06. The number of aryl methyl sites for hydroxylation is 1. The summed E-state index contributed by atoms with van der Waals surface area (Å²) in [4.78, 5) is 0. The van der Waals surface area contributed by atoms with Gasteiger partial charge < -0.3 is 20.3 Å². The van der Waals surface area contributed by atoms with Gasteiger partial charge in [-0.15, -0.1) is 0 Å². The van der Waals surface area contributed by atoms with Gasteiger partial charge in [0, 0.05) is 12.2 Å². The van der Waals surface area contributed by atoms with E-state index in [1.54, 1.807) is 12.1 Å². The van der Waals surface area contributed by atoms with E-state index >= 15 is 0 Å². The lowest BCUT2D eigenvalue weighted by Crippen LogP contribution is -2.00. The van der Waals surface area contributed by atoms with Crippen LogP contribution in [0.2, 0.25) is 0 Å². The highest BCUT2D eigenvalue weighted by Crippen LogP contribution is 2.27. The lowest BCUT2D eigenvalue weighted by molar-refractivity contribution is 0.318. The molecule has 0 heterocycles. The Bertz CT molecular complexity index is 596. The third kappa shape index (κ3) is 3.35.